The van der Waals surface area contributed by atoms with Gasteiger partial charge in [-0.3, -0.25) is 9.80 Å². The highest BCUT2D eigenvalue weighted by Gasteiger charge is 2.51. The minimum absolute atomic E-state index is 0.00313. The molecule has 0 aliphatic carbocycles. The van der Waals surface area contributed by atoms with Gasteiger partial charge in [0.15, 0.2) is 17.4 Å². The smallest absolute Gasteiger partial charge is 0.408 e. The van der Waals surface area contributed by atoms with Crippen LogP contribution in [0.3, 0.4) is 0 Å². The molecule has 5 atom stereocenters. The maximum atomic E-state index is 15.1. The van der Waals surface area contributed by atoms with E-state index in [2.05, 4.69) is 15.8 Å². The van der Waals surface area contributed by atoms with Gasteiger partial charge >= 0.3 is 12.1 Å². The van der Waals surface area contributed by atoms with Gasteiger partial charge in [-0.25, -0.2) is 18.0 Å². The fraction of sp³-hybridized carbons (Fsp3) is 0.471. The molecule has 0 spiro atoms. The number of nitrogens with zero attached hydrogens (tertiary/aromatic N) is 6. The number of carboxylic acid groups (broad SMARTS) is 1. The van der Waals surface area contributed by atoms with Gasteiger partial charge in [0.25, 0.3) is 5.19 Å². The molecule has 6 heterocycles. The van der Waals surface area contributed by atoms with Gasteiger partial charge in [0, 0.05) is 51.0 Å². The minimum Gasteiger partial charge on any atom is -0.467 e. The molecule has 1 N–H and O–H groups in total. The highest BCUT2D eigenvalue weighted by atomic mass is 32.1. The maximum Gasteiger partial charge on any atom is 0.408 e. The third-order valence-electron chi connectivity index (χ3n) is 10.1. The molecule has 4 aliphatic rings. The van der Waals surface area contributed by atoms with Crippen molar-refractivity contribution in [1.29, 1.82) is 0 Å². The summed E-state index contributed by atoms with van der Waals surface area (Å²) >= 11 is 1.08. The predicted molar refractivity (Wildman–Crippen MR) is 177 cm³/mol. The lowest BCUT2D eigenvalue weighted by molar-refractivity contribution is 0.0511. The Balaban J connectivity index is 1.19. The summed E-state index contributed by atoms with van der Waals surface area (Å²) in [7, 11) is 1.48. The van der Waals surface area contributed by atoms with Crippen LogP contribution in [-0.2, 0) is 4.74 Å². The molecule has 262 valence electrons. The second-order valence-corrected chi connectivity index (χ2v) is 14.1. The van der Waals surface area contributed by atoms with E-state index < -0.39 is 41.9 Å². The van der Waals surface area contributed by atoms with Crippen LogP contribution in [0, 0.1) is 18.2 Å². The quantitative estimate of drug-likeness (QED) is 0.178. The van der Waals surface area contributed by atoms with Gasteiger partial charge in [-0.1, -0.05) is 23.3 Å². The zero-order valence-corrected chi connectivity index (χ0v) is 27.8. The lowest BCUT2D eigenvalue weighted by Gasteiger charge is -2.39. The molecular formula is C34H33F3N6O6S. The number of terminal acetylenes is 1. The van der Waals surface area contributed by atoms with E-state index in [1.54, 1.807) is 18.2 Å². The average Bonchev–Trinajstić information content (AvgIpc) is 3.81. The van der Waals surface area contributed by atoms with Crippen molar-refractivity contribution in [3.05, 3.63) is 35.6 Å². The molecule has 0 saturated carbocycles. The number of amides is 1. The Morgan fingerprint density at radius 1 is 1.18 bits per heavy atom. The first-order valence-corrected chi connectivity index (χ1v) is 17.1. The largest absolute Gasteiger partial charge is 0.467 e. The number of methoxy groups -OCH3 is 1. The Morgan fingerprint density at radius 2 is 2.04 bits per heavy atom. The van der Waals surface area contributed by atoms with Gasteiger partial charge < -0.3 is 29.0 Å². The fourth-order valence-corrected chi connectivity index (χ4v) is 8.80. The second kappa shape index (κ2) is 12.6. The van der Waals surface area contributed by atoms with Gasteiger partial charge in [-0.15, -0.1) is 6.42 Å². The monoisotopic (exact) mass is 710 g/mol. The zero-order valence-electron chi connectivity index (χ0n) is 27.0. The summed E-state index contributed by atoms with van der Waals surface area (Å²) in [6.07, 6.45) is 4.44. The molecule has 4 saturated heterocycles. The highest BCUT2D eigenvalue weighted by Crippen LogP contribution is 2.44. The summed E-state index contributed by atoms with van der Waals surface area (Å²) in [6, 6.07) is 4.64. The molecule has 8 rings (SSSR count). The SMILES string of the molecule is C#Cc1c(F)ccc2cc(OCOC)cc(Oc3nc4c(N5C[C@H]6CC(F)[C@@H](C5)N6C(=O)O)nc(OC[C@@]56CCCN5C[C@H](F)C6)nc4s3)c12. The van der Waals surface area contributed by atoms with E-state index >= 15 is 4.39 Å². The van der Waals surface area contributed by atoms with Crippen molar-refractivity contribution in [3.63, 3.8) is 0 Å². The molecule has 12 nitrogen and oxygen atoms in total. The van der Waals surface area contributed by atoms with Crippen LogP contribution < -0.4 is 19.1 Å². The Kier molecular flexibility index (Phi) is 8.23. The molecule has 4 fully saturated rings. The third kappa shape index (κ3) is 5.57. The van der Waals surface area contributed by atoms with Gasteiger partial charge in [0.05, 0.1) is 23.2 Å². The fourth-order valence-electron chi connectivity index (χ4n) is 8.01. The van der Waals surface area contributed by atoms with Crippen LogP contribution in [-0.4, -0.2) is 113 Å². The van der Waals surface area contributed by atoms with Crippen molar-refractivity contribution in [2.45, 2.75) is 55.6 Å². The number of thiazole rings is 1. The van der Waals surface area contributed by atoms with Crippen molar-refractivity contribution in [3.8, 4) is 35.0 Å². The van der Waals surface area contributed by atoms with E-state index in [4.69, 9.17) is 35.3 Å². The van der Waals surface area contributed by atoms with Crippen molar-refractivity contribution >= 4 is 44.4 Å². The predicted octanol–water partition coefficient (Wildman–Crippen LogP) is 5.37. The van der Waals surface area contributed by atoms with Gasteiger partial charge in [-0.05, 0) is 36.9 Å². The molecule has 1 amide bonds. The van der Waals surface area contributed by atoms with Crippen LogP contribution >= 0.6 is 11.3 Å². The van der Waals surface area contributed by atoms with Crippen LogP contribution in [0.4, 0.5) is 23.8 Å². The molecule has 4 aliphatic heterocycles. The Hall–Kier alpha value is -4.59. The van der Waals surface area contributed by atoms with E-state index in [1.807, 2.05) is 4.90 Å². The number of fused-ring (bicyclic) bond motifs is 5. The molecular weight excluding hydrogens is 677 g/mol. The van der Waals surface area contributed by atoms with E-state index in [9.17, 15) is 18.7 Å². The van der Waals surface area contributed by atoms with Gasteiger partial charge in [0.2, 0.25) is 0 Å². The number of alkyl halides is 2. The molecule has 1 unspecified atom stereocenters. The summed E-state index contributed by atoms with van der Waals surface area (Å²) in [5, 5.41) is 10.8. The number of anilines is 1. The number of aromatic nitrogens is 3. The van der Waals surface area contributed by atoms with Crippen molar-refractivity contribution in [2.24, 2.45) is 0 Å². The standard InChI is InChI=1S/C34H33F3N6O6S/c1-3-22-23(36)6-5-18-9-21(48-17-46-2)11-26(27(18)22)49-32-38-28-29(41-14-20-10-24(37)25(15-41)43(20)33(44)45)39-31(40-30(28)50-32)47-16-34-7-4-8-42(34)13-19(35)12-34/h1,5-6,9,11,19-20,24-25H,4,7-8,10,12-17H2,2H3,(H,44,45)/t19-,20-,24?,25-,34+/m1/s1. The summed E-state index contributed by atoms with van der Waals surface area (Å²) in [5.74, 6) is 2.71. The highest BCUT2D eigenvalue weighted by molar-refractivity contribution is 7.19. The molecule has 2 bridgehead atoms. The van der Waals surface area contributed by atoms with Crippen LogP contribution in [0.2, 0.25) is 0 Å². The zero-order chi connectivity index (χ0) is 34.7. The first-order valence-electron chi connectivity index (χ1n) is 16.3. The number of ether oxygens (including phenoxy) is 4. The average molecular weight is 711 g/mol. The number of benzene rings is 2. The normalized spacial score (nSPS) is 26.1. The maximum absolute atomic E-state index is 15.1. The number of piperazine rings is 1. The van der Waals surface area contributed by atoms with E-state index in [0.29, 0.717) is 45.7 Å². The van der Waals surface area contributed by atoms with E-state index in [1.165, 1.54) is 18.1 Å². The van der Waals surface area contributed by atoms with Crippen molar-refractivity contribution in [1.82, 2.24) is 24.8 Å². The Bertz CT molecular complexity index is 2030. The van der Waals surface area contributed by atoms with Crippen LogP contribution in [0.15, 0.2) is 24.3 Å². The van der Waals surface area contributed by atoms with Gasteiger partial charge in [-0.2, -0.15) is 15.0 Å². The topological polar surface area (TPSA) is 123 Å². The van der Waals surface area contributed by atoms with E-state index in [0.717, 1.165) is 30.7 Å². The first-order chi connectivity index (χ1) is 24.2. The number of halogens is 3. The lowest BCUT2D eigenvalue weighted by Crippen LogP contribution is -2.57. The molecule has 2 aromatic carbocycles. The molecule has 50 heavy (non-hydrogen) atoms. The Morgan fingerprint density at radius 3 is 2.82 bits per heavy atom. The summed E-state index contributed by atoms with van der Waals surface area (Å²) in [4.78, 5) is 31.6. The minimum atomic E-state index is -1.33. The number of hydrogen-bond acceptors (Lipinski definition) is 11. The molecule has 2 aromatic heterocycles. The first kappa shape index (κ1) is 32.6. The summed E-state index contributed by atoms with van der Waals surface area (Å²) in [6.45, 7) is 1.52. The van der Waals surface area contributed by atoms with Crippen molar-refractivity contribution < 1.29 is 42.0 Å². The van der Waals surface area contributed by atoms with Crippen LogP contribution in [0.25, 0.3) is 21.1 Å². The summed E-state index contributed by atoms with van der Waals surface area (Å²) < 4.78 is 67.7. The molecule has 16 heteroatoms. The molecule has 0 radical (unpaired) electrons. The van der Waals surface area contributed by atoms with Crippen molar-refractivity contribution in [2.75, 3.05) is 51.6 Å². The Labute approximate surface area is 288 Å². The number of hydrogen-bond donors (Lipinski definition) is 1. The van der Waals surface area contributed by atoms with Crippen LogP contribution in [0.5, 0.6) is 22.7 Å². The summed E-state index contributed by atoms with van der Waals surface area (Å²) in [5.41, 5.74) is -0.113. The number of carbonyl (C=O) groups is 1. The number of rotatable bonds is 9. The van der Waals surface area contributed by atoms with E-state index in [-0.39, 0.29) is 55.4 Å². The molecule has 4 aromatic rings. The lowest BCUT2D eigenvalue weighted by atomic mass is 9.95. The third-order valence-corrected chi connectivity index (χ3v) is 11.0. The second-order valence-electron chi connectivity index (χ2n) is 13.1. The van der Waals surface area contributed by atoms with Gasteiger partial charge in [0.1, 0.15) is 41.8 Å². The van der Waals surface area contributed by atoms with Crippen LogP contribution in [0.1, 0.15) is 31.2 Å².